The molecule has 0 radical (unpaired) electrons. The van der Waals surface area contributed by atoms with E-state index in [9.17, 15) is 13.2 Å². The Balaban J connectivity index is 1.51. The van der Waals surface area contributed by atoms with Crippen LogP contribution in [-0.2, 0) is 16.4 Å². The zero-order chi connectivity index (χ0) is 23.3. The number of pyridine rings is 1. The van der Waals surface area contributed by atoms with Crippen LogP contribution in [0.15, 0.2) is 71.8 Å². The summed E-state index contributed by atoms with van der Waals surface area (Å²) >= 11 is 0. The van der Waals surface area contributed by atoms with Gasteiger partial charge >= 0.3 is 0 Å². The van der Waals surface area contributed by atoms with Gasteiger partial charge in [-0.1, -0.05) is 24.3 Å². The number of nitrogens with zero attached hydrogens (tertiary/aromatic N) is 1. The van der Waals surface area contributed by atoms with Gasteiger partial charge in [-0.15, -0.1) is 0 Å². The lowest BCUT2D eigenvalue weighted by Gasteiger charge is -2.26. The van der Waals surface area contributed by atoms with Crippen LogP contribution in [0.3, 0.4) is 0 Å². The fraction of sp³-hybridized carbons (Fsp3) is 0.250. The standard InChI is InChI=1S/C24H25N3O5S/c1-31-22-10-9-17(24(28)27-20-12-15-32-21-8-3-2-7-19(20)21)16-23(22)33(29,30)26-14-11-18-6-4-5-13-25-18/h2-10,13,16,20,26H,11-12,14-15H2,1H3,(H,27,28)/t20-/m1/s1. The van der Waals surface area contributed by atoms with Gasteiger partial charge in [-0.25, -0.2) is 13.1 Å². The first kappa shape index (κ1) is 22.8. The van der Waals surface area contributed by atoms with Gasteiger partial charge in [0, 0.05) is 42.4 Å². The molecule has 3 aromatic rings. The van der Waals surface area contributed by atoms with Gasteiger partial charge in [0.05, 0.1) is 19.8 Å². The maximum atomic E-state index is 13.0. The van der Waals surface area contributed by atoms with Gasteiger partial charge < -0.3 is 14.8 Å². The normalized spacial score (nSPS) is 15.2. The van der Waals surface area contributed by atoms with Crippen LogP contribution in [0.5, 0.6) is 11.5 Å². The number of para-hydroxylation sites is 1. The van der Waals surface area contributed by atoms with E-state index in [2.05, 4.69) is 15.0 Å². The van der Waals surface area contributed by atoms with E-state index in [1.165, 1.54) is 19.2 Å². The molecule has 1 aliphatic rings. The van der Waals surface area contributed by atoms with E-state index in [1.807, 2.05) is 36.4 Å². The Morgan fingerprint density at radius 1 is 1.15 bits per heavy atom. The summed E-state index contributed by atoms with van der Waals surface area (Å²) in [4.78, 5) is 17.1. The molecule has 2 N–H and O–H groups in total. The Bertz CT molecular complexity index is 1230. The molecule has 2 aromatic carbocycles. The molecule has 0 fully saturated rings. The SMILES string of the molecule is COc1ccc(C(=O)N[C@@H]2CCOc3ccccc32)cc1S(=O)(=O)NCCc1ccccn1. The summed E-state index contributed by atoms with van der Waals surface area (Å²) in [7, 11) is -2.52. The first-order valence-electron chi connectivity index (χ1n) is 10.6. The lowest BCUT2D eigenvalue weighted by atomic mass is 10.00. The number of rotatable bonds is 8. The van der Waals surface area contributed by atoms with E-state index in [0.717, 1.165) is 17.0 Å². The topological polar surface area (TPSA) is 107 Å². The summed E-state index contributed by atoms with van der Waals surface area (Å²) in [6, 6.07) is 17.2. The fourth-order valence-electron chi connectivity index (χ4n) is 3.70. The minimum Gasteiger partial charge on any atom is -0.495 e. The smallest absolute Gasteiger partial charge is 0.251 e. The monoisotopic (exact) mass is 467 g/mol. The first-order chi connectivity index (χ1) is 16.0. The molecule has 33 heavy (non-hydrogen) atoms. The van der Waals surface area contributed by atoms with Crippen LogP contribution < -0.4 is 19.5 Å². The Labute approximate surface area is 193 Å². The van der Waals surface area contributed by atoms with Crippen molar-refractivity contribution in [1.29, 1.82) is 0 Å². The molecule has 9 heteroatoms. The van der Waals surface area contributed by atoms with E-state index < -0.39 is 10.0 Å². The van der Waals surface area contributed by atoms with Gasteiger partial charge in [-0.2, -0.15) is 0 Å². The second kappa shape index (κ2) is 10.0. The van der Waals surface area contributed by atoms with Gasteiger partial charge in [0.15, 0.2) is 0 Å². The van der Waals surface area contributed by atoms with Crippen LogP contribution in [0.4, 0.5) is 0 Å². The van der Waals surface area contributed by atoms with E-state index >= 15 is 0 Å². The summed E-state index contributed by atoms with van der Waals surface area (Å²) in [5, 5.41) is 2.99. The Morgan fingerprint density at radius 3 is 2.76 bits per heavy atom. The zero-order valence-corrected chi connectivity index (χ0v) is 19.0. The first-order valence-corrected chi connectivity index (χ1v) is 12.1. The lowest BCUT2D eigenvalue weighted by Crippen LogP contribution is -2.32. The minimum absolute atomic E-state index is 0.0916. The average Bonchev–Trinajstić information content (AvgIpc) is 2.84. The van der Waals surface area contributed by atoms with E-state index in [-0.39, 0.29) is 34.7 Å². The number of amides is 1. The molecule has 1 aromatic heterocycles. The van der Waals surface area contributed by atoms with Crippen molar-refractivity contribution in [2.45, 2.75) is 23.8 Å². The van der Waals surface area contributed by atoms with Crippen molar-refractivity contribution in [1.82, 2.24) is 15.0 Å². The number of sulfonamides is 1. The third-order valence-corrected chi connectivity index (χ3v) is 6.86. The number of fused-ring (bicyclic) bond motifs is 1. The predicted molar refractivity (Wildman–Crippen MR) is 123 cm³/mol. The van der Waals surface area contributed by atoms with Crippen molar-refractivity contribution < 1.29 is 22.7 Å². The van der Waals surface area contributed by atoms with Crippen molar-refractivity contribution in [3.05, 3.63) is 83.7 Å². The van der Waals surface area contributed by atoms with Crippen molar-refractivity contribution in [2.75, 3.05) is 20.3 Å². The van der Waals surface area contributed by atoms with Gasteiger partial charge in [0.2, 0.25) is 10.0 Å². The fourth-order valence-corrected chi connectivity index (χ4v) is 4.92. The molecule has 0 saturated carbocycles. The highest BCUT2D eigenvalue weighted by molar-refractivity contribution is 7.89. The number of benzene rings is 2. The average molecular weight is 468 g/mol. The molecule has 0 unspecified atom stereocenters. The number of carbonyl (C=O) groups excluding carboxylic acids is 1. The molecule has 4 rings (SSSR count). The molecule has 1 atom stereocenters. The maximum Gasteiger partial charge on any atom is 0.251 e. The highest BCUT2D eigenvalue weighted by atomic mass is 32.2. The summed E-state index contributed by atoms with van der Waals surface area (Å²) in [6.45, 7) is 0.655. The van der Waals surface area contributed by atoms with Crippen LogP contribution in [0.2, 0.25) is 0 Å². The molecule has 1 amide bonds. The number of carbonyl (C=O) groups is 1. The number of hydrogen-bond acceptors (Lipinski definition) is 6. The van der Waals surface area contributed by atoms with Crippen molar-refractivity contribution in [3.8, 4) is 11.5 Å². The third kappa shape index (κ3) is 5.32. The van der Waals surface area contributed by atoms with Crippen LogP contribution in [0.25, 0.3) is 0 Å². The molecular formula is C24H25N3O5S. The van der Waals surface area contributed by atoms with Crippen LogP contribution in [0, 0.1) is 0 Å². The Morgan fingerprint density at radius 2 is 1.97 bits per heavy atom. The predicted octanol–water partition coefficient (Wildman–Crippen LogP) is 2.86. The van der Waals surface area contributed by atoms with Gasteiger partial charge in [-0.3, -0.25) is 9.78 Å². The number of nitrogens with one attached hydrogen (secondary N) is 2. The van der Waals surface area contributed by atoms with Crippen molar-refractivity contribution in [2.24, 2.45) is 0 Å². The van der Waals surface area contributed by atoms with Gasteiger partial charge in [0.25, 0.3) is 5.91 Å². The highest BCUT2D eigenvalue weighted by Gasteiger charge is 2.25. The lowest BCUT2D eigenvalue weighted by molar-refractivity contribution is 0.0924. The summed E-state index contributed by atoms with van der Waals surface area (Å²) in [6.07, 6.45) is 2.72. The van der Waals surface area contributed by atoms with Crippen molar-refractivity contribution >= 4 is 15.9 Å². The molecule has 1 aliphatic heterocycles. The van der Waals surface area contributed by atoms with E-state index in [0.29, 0.717) is 19.4 Å². The number of methoxy groups -OCH3 is 1. The van der Waals surface area contributed by atoms with Crippen LogP contribution in [0.1, 0.15) is 34.1 Å². The number of aromatic nitrogens is 1. The largest absolute Gasteiger partial charge is 0.495 e. The summed E-state index contributed by atoms with van der Waals surface area (Å²) in [5.41, 5.74) is 1.90. The van der Waals surface area contributed by atoms with Crippen LogP contribution >= 0.6 is 0 Å². The highest BCUT2D eigenvalue weighted by Crippen LogP contribution is 2.32. The van der Waals surface area contributed by atoms with Crippen LogP contribution in [-0.4, -0.2) is 39.6 Å². The maximum absolute atomic E-state index is 13.0. The quantitative estimate of drug-likeness (QED) is 0.528. The molecule has 0 spiro atoms. The molecule has 172 valence electrons. The molecule has 2 heterocycles. The molecular weight excluding hydrogens is 442 g/mol. The minimum atomic E-state index is -3.91. The summed E-state index contributed by atoms with van der Waals surface area (Å²) in [5.74, 6) is 0.529. The Kier molecular flexibility index (Phi) is 6.90. The van der Waals surface area contributed by atoms with Gasteiger partial charge in [-0.05, 0) is 36.4 Å². The molecule has 0 aliphatic carbocycles. The third-order valence-electron chi connectivity index (χ3n) is 5.38. The summed E-state index contributed by atoms with van der Waals surface area (Å²) < 4.78 is 39.4. The Hall–Kier alpha value is -3.43. The van der Waals surface area contributed by atoms with E-state index in [4.69, 9.17) is 9.47 Å². The molecule has 0 saturated heterocycles. The van der Waals surface area contributed by atoms with Gasteiger partial charge in [0.1, 0.15) is 16.4 Å². The second-order valence-corrected chi connectivity index (χ2v) is 9.27. The molecule has 8 nitrogen and oxygen atoms in total. The molecule has 0 bridgehead atoms. The number of hydrogen-bond donors (Lipinski definition) is 2. The number of ether oxygens (including phenoxy) is 2. The zero-order valence-electron chi connectivity index (χ0n) is 18.2. The van der Waals surface area contributed by atoms with E-state index in [1.54, 1.807) is 18.3 Å². The second-order valence-electron chi connectivity index (χ2n) is 7.54. The van der Waals surface area contributed by atoms with Crippen molar-refractivity contribution in [3.63, 3.8) is 0 Å².